The van der Waals surface area contributed by atoms with Gasteiger partial charge in [0.05, 0.1) is 30.3 Å². The van der Waals surface area contributed by atoms with E-state index in [0.29, 0.717) is 40.7 Å². The zero-order valence-corrected chi connectivity index (χ0v) is 19.5. The van der Waals surface area contributed by atoms with Crippen LogP contribution in [0.25, 0.3) is 44.7 Å². The molecule has 5 aromatic rings. The standard InChI is InChI=1S/C24H25N7O3/c1-13-7-17(8-14(2)33-13)31-22-21-19(6-5-18(27-21)15-9-25-29(3)11-15)34-23(22)20(28-24(31)32)16-10-26-30(4)12-16/h5-6,9-14,17H,7-8H2,1-4H3. The summed E-state index contributed by atoms with van der Waals surface area (Å²) in [5.74, 6) is 0. The molecule has 34 heavy (non-hydrogen) atoms. The van der Waals surface area contributed by atoms with Gasteiger partial charge in [-0.1, -0.05) is 0 Å². The van der Waals surface area contributed by atoms with Crippen molar-refractivity contribution >= 4 is 22.2 Å². The first-order valence-electron chi connectivity index (χ1n) is 11.4. The fourth-order valence-corrected chi connectivity index (χ4v) is 5.02. The maximum absolute atomic E-state index is 13.5. The summed E-state index contributed by atoms with van der Waals surface area (Å²) < 4.78 is 17.4. The highest BCUT2D eigenvalue weighted by atomic mass is 16.5. The minimum absolute atomic E-state index is 0.0331. The predicted molar refractivity (Wildman–Crippen MR) is 126 cm³/mol. The Bertz CT molecular complexity index is 1580. The predicted octanol–water partition coefficient (Wildman–Crippen LogP) is 3.47. The Morgan fingerprint density at radius 1 is 0.941 bits per heavy atom. The fraction of sp³-hybridized carbons (Fsp3) is 0.375. The second-order valence-electron chi connectivity index (χ2n) is 9.12. The maximum atomic E-state index is 13.5. The van der Waals surface area contributed by atoms with Crippen LogP contribution in [0.1, 0.15) is 32.7 Å². The zero-order chi connectivity index (χ0) is 23.6. The van der Waals surface area contributed by atoms with Crippen molar-refractivity contribution in [3.63, 3.8) is 0 Å². The normalized spacial score (nSPS) is 21.0. The Labute approximate surface area is 194 Å². The molecule has 174 valence electrons. The minimum Gasteiger partial charge on any atom is -0.450 e. The Kier molecular flexibility index (Phi) is 4.66. The molecule has 0 saturated carbocycles. The Hall–Kier alpha value is -3.79. The first-order valence-corrected chi connectivity index (χ1v) is 11.4. The largest absolute Gasteiger partial charge is 0.450 e. The lowest BCUT2D eigenvalue weighted by Gasteiger charge is -2.33. The van der Waals surface area contributed by atoms with E-state index in [1.54, 1.807) is 26.3 Å². The Morgan fingerprint density at radius 2 is 1.62 bits per heavy atom. The van der Waals surface area contributed by atoms with Crippen molar-refractivity contribution in [2.75, 3.05) is 0 Å². The van der Waals surface area contributed by atoms with Crippen molar-refractivity contribution in [1.29, 1.82) is 0 Å². The molecule has 0 radical (unpaired) electrons. The summed E-state index contributed by atoms with van der Waals surface area (Å²) in [6, 6.07) is 3.72. The van der Waals surface area contributed by atoms with Crippen molar-refractivity contribution in [2.24, 2.45) is 14.1 Å². The quantitative estimate of drug-likeness (QED) is 0.407. The molecule has 0 aromatic carbocycles. The second-order valence-corrected chi connectivity index (χ2v) is 9.12. The lowest BCUT2D eigenvalue weighted by Crippen LogP contribution is -2.36. The molecule has 6 heterocycles. The molecule has 10 heteroatoms. The van der Waals surface area contributed by atoms with E-state index in [2.05, 4.69) is 15.2 Å². The first-order chi connectivity index (χ1) is 16.4. The lowest BCUT2D eigenvalue weighted by molar-refractivity contribution is -0.0486. The SMILES string of the molecule is CC1CC(n2c(=O)nc(-c3cnn(C)c3)c3oc4ccc(-c5cnn(C)c5)nc4c32)CC(C)O1. The van der Waals surface area contributed by atoms with E-state index in [-0.39, 0.29) is 23.9 Å². The molecule has 2 atom stereocenters. The van der Waals surface area contributed by atoms with E-state index in [1.807, 2.05) is 52.5 Å². The van der Waals surface area contributed by atoms with E-state index in [9.17, 15) is 4.79 Å². The number of ether oxygens (including phenoxy) is 1. The van der Waals surface area contributed by atoms with E-state index in [1.165, 1.54) is 0 Å². The molecule has 1 aliphatic heterocycles. The van der Waals surface area contributed by atoms with Crippen molar-refractivity contribution in [3.05, 3.63) is 47.4 Å². The highest BCUT2D eigenvalue weighted by Gasteiger charge is 2.31. The van der Waals surface area contributed by atoms with Crippen LogP contribution in [0, 0.1) is 0 Å². The zero-order valence-electron chi connectivity index (χ0n) is 19.5. The fourth-order valence-electron chi connectivity index (χ4n) is 5.02. The summed E-state index contributed by atoms with van der Waals surface area (Å²) in [5, 5.41) is 8.52. The summed E-state index contributed by atoms with van der Waals surface area (Å²) in [5.41, 5.74) is 4.94. The van der Waals surface area contributed by atoms with Crippen molar-refractivity contribution in [1.82, 2.24) is 34.1 Å². The number of furan rings is 1. The molecule has 0 N–H and O–H groups in total. The van der Waals surface area contributed by atoms with Crippen LogP contribution in [0.2, 0.25) is 0 Å². The summed E-state index contributed by atoms with van der Waals surface area (Å²) in [7, 11) is 3.69. The average molecular weight is 460 g/mol. The van der Waals surface area contributed by atoms with Crippen LogP contribution in [-0.4, -0.2) is 46.3 Å². The van der Waals surface area contributed by atoms with Crippen LogP contribution < -0.4 is 5.69 Å². The lowest BCUT2D eigenvalue weighted by atomic mass is 9.99. The van der Waals surface area contributed by atoms with E-state index >= 15 is 0 Å². The van der Waals surface area contributed by atoms with Gasteiger partial charge in [-0.25, -0.2) is 9.78 Å². The third-order valence-corrected chi connectivity index (χ3v) is 6.40. The molecule has 10 nitrogen and oxygen atoms in total. The third kappa shape index (κ3) is 3.33. The molecule has 6 rings (SSSR count). The van der Waals surface area contributed by atoms with Gasteiger partial charge in [0.2, 0.25) is 0 Å². The third-order valence-electron chi connectivity index (χ3n) is 6.40. The number of hydrogen-bond acceptors (Lipinski definition) is 7. The van der Waals surface area contributed by atoms with Gasteiger partial charge in [-0.05, 0) is 38.8 Å². The molecule has 0 bridgehead atoms. The van der Waals surface area contributed by atoms with E-state index in [4.69, 9.17) is 14.1 Å². The van der Waals surface area contributed by atoms with Crippen molar-refractivity contribution in [3.8, 4) is 22.5 Å². The van der Waals surface area contributed by atoms with Crippen LogP contribution in [0.15, 0.2) is 46.1 Å². The maximum Gasteiger partial charge on any atom is 0.349 e. The highest BCUT2D eigenvalue weighted by Crippen LogP contribution is 2.37. The topological polar surface area (TPSA) is 106 Å². The molecule has 5 aromatic heterocycles. The molecule has 0 amide bonds. The van der Waals surface area contributed by atoms with Gasteiger partial charge in [0.15, 0.2) is 11.2 Å². The van der Waals surface area contributed by atoms with Gasteiger partial charge < -0.3 is 9.15 Å². The van der Waals surface area contributed by atoms with Gasteiger partial charge in [-0.3, -0.25) is 13.9 Å². The molecule has 0 aliphatic carbocycles. The molecule has 1 aliphatic rings. The summed E-state index contributed by atoms with van der Waals surface area (Å²) in [6.07, 6.45) is 8.68. The molecular weight excluding hydrogens is 434 g/mol. The van der Waals surface area contributed by atoms with Crippen LogP contribution >= 0.6 is 0 Å². The van der Waals surface area contributed by atoms with E-state index < -0.39 is 0 Å². The van der Waals surface area contributed by atoms with Crippen molar-refractivity contribution < 1.29 is 9.15 Å². The summed E-state index contributed by atoms with van der Waals surface area (Å²) in [4.78, 5) is 23.0. The first kappa shape index (κ1) is 20.8. The van der Waals surface area contributed by atoms with Crippen LogP contribution in [-0.2, 0) is 18.8 Å². The van der Waals surface area contributed by atoms with Gasteiger partial charge in [0.25, 0.3) is 0 Å². The number of aromatic nitrogens is 7. The van der Waals surface area contributed by atoms with Gasteiger partial charge in [-0.2, -0.15) is 15.2 Å². The number of aryl methyl sites for hydroxylation is 2. The van der Waals surface area contributed by atoms with Crippen LogP contribution in [0.4, 0.5) is 0 Å². The van der Waals surface area contributed by atoms with Gasteiger partial charge in [-0.15, -0.1) is 0 Å². The van der Waals surface area contributed by atoms with Gasteiger partial charge >= 0.3 is 5.69 Å². The van der Waals surface area contributed by atoms with Gasteiger partial charge in [0, 0.05) is 43.7 Å². The molecule has 1 fully saturated rings. The number of nitrogens with zero attached hydrogens (tertiary/aromatic N) is 7. The second kappa shape index (κ2) is 7.63. The van der Waals surface area contributed by atoms with E-state index in [0.717, 1.165) is 16.8 Å². The number of rotatable bonds is 3. The Balaban J connectivity index is 1.67. The molecule has 0 spiro atoms. The molecular formula is C24H25N7O3. The van der Waals surface area contributed by atoms with Crippen LogP contribution in [0.3, 0.4) is 0 Å². The van der Waals surface area contributed by atoms with Crippen molar-refractivity contribution in [2.45, 2.75) is 44.9 Å². The smallest absolute Gasteiger partial charge is 0.349 e. The monoisotopic (exact) mass is 459 g/mol. The summed E-state index contributed by atoms with van der Waals surface area (Å²) >= 11 is 0. The average Bonchev–Trinajstić information content (AvgIpc) is 3.50. The number of pyridine rings is 1. The minimum atomic E-state index is -0.325. The highest BCUT2D eigenvalue weighted by molar-refractivity contribution is 6.05. The summed E-state index contributed by atoms with van der Waals surface area (Å²) in [6.45, 7) is 4.07. The van der Waals surface area contributed by atoms with Gasteiger partial charge in [0.1, 0.15) is 16.7 Å². The number of fused-ring (bicyclic) bond motifs is 3. The Morgan fingerprint density at radius 3 is 2.26 bits per heavy atom. The molecule has 2 unspecified atom stereocenters. The molecule has 1 saturated heterocycles. The van der Waals surface area contributed by atoms with Crippen LogP contribution in [0.5, 0.6) is 0 Å². The number of hydrogen-bond donors (Lipinski definition) is 0.